The van der Waals surface area contributed by atoms with E-state index in [4.69, 9.17) is 4.42 Å². The Morgan fingerprint density at radius 3 is 2.44 bits per heavy atom. The van der Waals surface area contributed by atoms with Crippen LogP contribution in [0.2, 0.25) is 0 Å². The summed E-state index contributed by atoms with van der Waals surface area (Å²) in [4.78, 5) is 30.3. The number of hydrogen-bond donors (Lipinski definition) is 1. The average Bonchev–Trinajstić information content (AvgIpc) is 3.66. The van der Waals surface area contributed by atoms with Gasteiger partial charge in [0.25, 0.3) is 5.91 Å². The Morgan fingerprint density at radius 2 is 1.78 bits per heavy atom. The Balaban J connectivity index is 1.41. The van der Waals surface area contributed by atoms with E-state index in [-0.39, 0.29) is 36.3 Å². The van der Waals surface area contributed by atoms with Gasteiger partial charge in [-0.05, 0) is 74.2 Å². The van der Waals surface area contributed by atoms with E-state index in [9.17, 15) is 14.0 Å². The first-order chi connectivity index (χ1) is 17.5. The number of aryl methyl sites for hydroxylation is 1. The lowest BCUT2D eigenvalue weighted by Crippen LogP contribution is -2.50. The molecular weight excluding hydrogens is 463 g/mol. The normalized spacial score (nSPS) is 17.4. The molecule has 5 rings (SSSR count). The zero-order valence-electron chi connectivity index (χ0n) is 20.4. The van der Waals surface area contributed by atoms with Gasteiger partial charge in [-0.2, -0.15) is 4.80 Å². The lowest BCUT2D eigenvalue weighted by Gasteiger charge is -2.35. The predicted molar refractivity (Wildman–Crippen MR) is 129 cm³/mol. The standard InChI is InChI=1S/C26H31FN6O3/c1-17-10-15-22(36-17)24(26(35)28-20-6-2-3-7-20)33(21-8-4-5-9-21)23(34)16-32-30-25(29-31-32)18-11-13-19(27)14-12-18/h10-15,20-21,24H,2-9,16H2,1H3,(H,28,35)/t24-/m1/s1. The molecule has 1 aromatic carbocycles. The largest absolute Gasteiger partial charge is 0.464 e. The van der Waals surface area contributed by atoms with Gasteiger partial charge in [0.1, 0.15) is 23.9 Å². The van der Waals surface area contributed by atoms with Crippen LogP contribution in [0.15, 0.2) is 40.8 Å². The highest BCUT2D eigenvalue weighted by molar-refractivity contribution is 5.88. The summed E-state index contributed by atoms with van der Waals surface area (Å²) in [6, 6.07) is 8.53. The Morgan fingerprint density at radius 1 is 1.08 bits per heavy atom. The highest BCUT2D eigenvalue weighted by atomic mass is 19.1. The van der Waals surface area contributed by atoms with Crippen LogP contribution in [0.25, 0.3) is 11.4 Å². The first kappa shape index (κ1) is 24.1. The van der Waals surface area contributed by atoms with Crippen molar-refractivity contribution < 1.29 is 18.4 Å². The van der Waals surface area contributed by atoms with Crippen LogP contribution in [0.5, 0.6) is 0 Å². The summed E-state index contributed by atoms with van der Waals surface area (Å²) in [5, 5.41) is 15.6. The first-order valence-corrected chi connectivity index (χ1v) is 12.7. The quantitative estimate of drug-likeness (QED) is 0.508. The van der Waals surface area contributed by atoms with Crippen LogP contribution >= 0.6 is 0 Å². The van der Waals surface area contributed by atoms with Crippen LogP contribution in [-0.2, 0) is 16.1 Å². The Bertz CT molecular complexity index is 1190. The molecule has 0 unspecified atom stereocenters. The van der Waals surface area contributed by atoms with Crippen molar-refractivity contribution in [1.82, 2.24) is 30.4 Å². The summed E-state index contributed by atoms with van der Waals surface area (Å²) >= 11 is 0. The van der Waals surface area contributed by atoms with E-state index in [1.54, 1.807) is 23.1 Å². The molecule has 2 heterocycles. The molecule has 2 saturated carbocycles. The van der Waals surface area contributed by atoms with E-state index in [0.717, 1.165) is 51.4 Å². The second-order valence-corrected chi connectivity index (χ2v) is 9.73. The molecule has 2 aromatic heterocycles. The van der Waals surface area contributed by atoms with Crippen LogP contribution in [0.1, 0.15) is 68.9 Å². The lowest BCUT2D eigenvalue weighted by atomic mass is 10.1. The third kappa shape index (κ3) is 5.32. The maximum atomic E-state index is 13.8. The summed E-state index contributed by atoms with van der Waals surface area (Å²) in [5.74, 6) is 0.600. The van der Waals surface area contributed by atoms with Crippen molar-refractivity contribution in [3.8, 4) is 11.4 Å². The van der Waals surface area contributed by atoms with Gasteiger partial charge in [0.05, 0.1) is 0 Å². The van der Waals surface area contributed by atoms with Gasteiger partial charge >= 0.3 is 0 Å². The number of amides is 2. The maximum absolute atomic E-state index is 13.8. The van der Waals surface area contributed by atoms with Gasteiger partial charge in [0.2, 0.25) is 11.7 Å². The smallest absolute Gasteiger partial charge is 0.250 e. The molecule has 190 valence electrons. The number of aromatic nitrogens is 4. The van der Waals surface area contributed by atoms with Crippen molar-refractivity contribution in [3.05, 3.63) is 53.7 Å². The molecule has 1 atom stereocenters. The number of nitrogens with one attached hydrogen (secondary N) is 1. The molecule has 3 aromatic rings. The zero-order chi connectivity index (χ0) is 25.1. The number of tetrazole rings is 1. The first-order valence-electron chi connectivity index (χ1n) is 12.7. The minimum atomic E-state index is -0.866. The fourth-order valence-electron chi connectivity index (χ4n) is 5.31. The number of hydrogen-bond acceptors (Lipinski definition) is 6. The van der Waals surface area contributed by atoms with E-state index < -0.39 is 6.04 Å². The van der Waals surface area contributed by atoms with Crippen molar-refractivity contribution in [2.45, 2.75) is 83.0 Å². The van der Waals surface area contributed by atoms with Crippen molar-refractivity contribution in [1.29, 1.82) is 0 Å². The second kappa shape index (κ2) is 10.6. The molecule has 2 amide bonds. The van der Waals surface area contributed by atoms with E-state index >= 15 is 0 Å². The molecular formula is C26H31FN6O3. The third-order valence-corrected chi connectivity index (χ3v) is 7.10. The van der Waals surface area contributed by atoms with Crippen LogP contribution in [0.4, 0.5) is 4.39 Å². The minimum Gasteiger partial charge on any atom is -0.464 e. The van der Waals surface area contributed by atoms with Crippen molar-refractivity contribution in [2.75, 3.05) is 0 Å². The fraction of sp³-hybridized carbons (Fsp3) is 0.500. The zero-order valence-corrected chi connectivity index (χ0v) is 20.4. The number of carbonyl (C=O) groups excluding carboxylic acids is 2. The molecule has 2 fully saturated rings. The number of benzene rings is 1. The molecule has 1 N–H and O–H groups in total. The molecule has 10 heteroatoms. The number of furan rings is 1. The van der Waals surface area contributed by atoms with E-state index in [1.807, 2.05) is 13.0 Å². The van der Waals surface area contributed by atoms with E-state index in [0.29, 0.717) is 22.9 Å². The summed E-state index contributed by atoms with van der Waals surface area (Å²) in [7, 11) is 0. The van der Waals surface area contributed by atoms with Gasteiger partial charge < -0.3 is 14.6 Å². The van der Waals surface area contributed by atoms with Gasteiger partial charge in [-0.15, -0.1) is 10.2 Å². The van der Waals surface area contributed by atoms with Crippen molar-refractivity contribution in [2.24, 2.45) is 0 Å². The topological polar surface area (TPSA) is 106 Å². The maximum Gasteiger partial charge on any atom is 0.250 e. The number of nitrogens with zero attached hydrogens (tertiary/aromatic N) is 5. The van der Waals surface area contributed by atoms with E-state index in [1.165, 1.54) is 16.9 Å². The molecule has 0 aliphatic heterocycles. The third-order valence-electron chi connectivity index (χ3n) is 7.10. The summed E-state index contributed by atoms with van der Waals surface area (Å²) in [6.07, 6.45) is 7.72. The monoisotopic (exact) mass is 494 g/mol. The van der Waals surface area contributed by atoms with Crippen LogP contribution in [0.3, 0.4) is 0 Å². The van der Waals surface area contributed by atoms with Crippen LogP contribution in [0, 0.1) is 12.7 Å². The Labute approximate surface area is 209 Å². The average molecular weight is 495 g/mol. The molecule has 2 aliphatic rings. The Hall–Kier alpha value is -3.56. The SMILES string of the molecule is Cc1ccc([C@H](C(=O)NC2CCCC2)N(C(=O)Cn2nnc(-c3ccc(F)cc3)n2)C2CCCC2)o1. The van der Waals surface area contributed by atoms with Gasteiger partial charge in [-0.1, -0.05) is 25.7 Å². The highest BCUT2D eigenvalue weighted by Crippen LogP contribution is 2.33. The van der Waals surface area contributed by atoms with Crippen molar-refractivity contribution in [3.63, 3.8) is 0 Å². The second-order valence-electron chi connectivity index (χ2n) is 9.73. The fourth-order valence-corrected chi connectivity index (χ4v) is 5.31. The van der Waals surface area contributed by atoms with Gasteiger partial charge in [0.15, 0.2) is 6.04 Å². The predicted octanol–water partition coefficient (Wildman–Crippen LogP) is 3.95. The molecule has 9 nitrogen and oxygen atoms in total. The number of halogens is 1. The highest BCUT2D eigenvalue weighted by Gasteiger charge is 2.40. The van der Waals surface area contributed by atoms with Crippen LogP contribution in [-0.4, -0.2) is 49.0 Å². The van der Waals surface area contributed by atoms with Gasteiger partial charge in [-0.3, -0.25) is 9.59 Å². The minimum absolute atomic E-state index is 0.0812. The summed E-state index contributed by atoms with van der Waals surface area (Å²) in [5.41, 5.74) is 0.600. The number of rotatable bonds is 8. The lowest BCUT2D eigenvalue weighted by molar-refractivity contribution is -0.145. The van der Waals surface area contributed by atoms with E-state index in [2.05, 4.69) is 20.7 Å². The molecule has 0 saturated heterocycles. The van der Waals surface area contributed by atoms with Gasteiger partial charge in [-0.25, -0.2) is 4.39 Å². The molecule has 0 bridgehead atoms. The molecule has 0 radical (unpaired) electrons. The Kier molecular flexibility index (Phi) is 7.11. The number of carbonyl (C=O) groups is 2. The summed E-state index contributed by atoms with van der Waals surface area (Å²) in [6.45, 7) is 1.66. The molecule has 0 spiro atoms. The van der Waals surface area contributed by atoms with Crippen LogP contribution < -0.4 is 5.32 Å². The molecule has 2 aliphatic carbocycles. The van der Waals surface area contributed by atoms with Crippen molar-refractivity contribution >= 4 is 11.8 Å². The summed E-state index contributed by atoms with van der Waals surface area (Å²) < 4.78 is 19.2. The van der Waals surface area contributed by atoms with Gasteiger partial charge in [0, 0.05) is 17.6 Å². The molecule has 36 heavy (non-hydrogen) atoms.